The molecular weight excluding hydrogens is 648 g/mol. The quantitative estimate of drug-likeness (QED) is 0.123. The van der Waals surface area contributed by atoms with Crippen molar-refractivity contribution in [1.29, 1.82) is 0 Å². The first-order valence-electron chi connectivity index (χ1n) is 17.5. The van der Waals surface area contributed by atoms with Crippen molar-refractivity contribution in [3.05, 3.63) is 108 Å². The molecule has 2 heterocycles. The van der Waals surface area contributed by atoms with E-state index in [4.69, 9.17) is 9.47 Å². The van der Waals surface area contributed by atoms with E-state index in [0.717, 1.165) is 38.7 Å². The number of carbonyl (C=O) groups is 4. The molecule has 3 aromatic carbocycles. The molecule has 0 bridgehead atoms. The van der Waals surface area contributed by atoms with Crippen LogP contribution in [0.2, 0.25) is 0 Å². The Labute approximate surface area is 296 Å². The number of aliphatic hydroxyl groups excluding tert-OH is 1. The lowest BCUT2D eigenvalue weighted by Crippen LogP contribution is -2.47. The molecule has 0 saturated heterocycles. The molecule has 0 fully saturated rings. The molecule has 6 rings (SSSR count). The lowest BCUT2D eigenvalue weighted by Gasteiger charge is -2.23. The highest BCUT2D eigenvalue weighted by atomic mass is 16.6. The third-order valence-electron chi connectivity index (χ3n) is 9.53. The van der Waals surface area contributed by atoms with E-state index < -0.39 is 36.1 Å². The monoisotopic (exact) mass is 692 g/mol. The molecule has 2 aliphatic rings. The normalized spacial score (nSPS) is 20.1. The van der Waals surface area contributed by atoms with E-state index in [1.54, 1.807) is 6.92 Å². The summed E-state index contributed by atoms with van der Waals surface area (Å²) in [6, 6.07) is 21.9. The Balaban J connectivity index is 1.16. The van der Waals surface area contributed by atoms with E-state index in [1.165, 1.54) is 0 Å². The van der Waals surface area contributed by atoms with Gasteiger partial charge in [-0.25, -0.2) is 9.59 Å². The molecule has 0 unspecified atom stereocenters. The maximum atomic E-state index is 13.6. The van der Waals surface area contributed by atoms with Crippen LogP contribution < -0.4 is 16.0 Å². The van der Waals surface area contributed by atoms with Gasteiger partial charge in [-0.2, -0.15) is 0 Å². The number of alkyl carbamates (subject to hydrolysis) is 1. The number of cyclic esters (lactones) is 1. The highest BCUT2D eigenvalue weighted by molar-refractivity contribution is 5.87. The van der Waals surface area contributed by atoms with E-state index in [9.17, 15) is 24.3 Å². The lowest BCUT2D eigenvalue weighted by molar-refractivity contribution is -0.147. The van der Waals surface area contributed by atoms with E-state index in [0.29, 0.717) is 12.8 Å². The Kier molecular flexibility index (Phi) is 11.5. The van der Waals surface area contributed by atoms with Crippen LogP contribution in [0, 0.1) is 5.92 Å². The van der Waals surface area contributed by atoms with E-state index in [1.807, 2.05) is 79.0 Å². The van der Waals surface area contributed by atoms with Crippen LogP contribution in [-0.4, -0.2) is 71.9 Å². The number of esters is 1. The SMILES string of the molecule is C[C@H](CO)NC(=O)C[C@H]1CC=CCC[C@H](NC(=O)OCC2c3ccccc3-c3ccccc32)C(=O)OC[C@H](Cc2c[nH]c3ccccc23)NC1=O. The fraction of sp³-hybridized carbons (Fsp3) is 0.350. The molecule has 11 heteroatoms. The molecule has 1 aliphatic heterocycles. The van der Waals surface area contributed by atoms with Gasteiger partial charge in [-0.15, -0.1) is 0 Å². The van der Waals surface area contributed by atoms with Gasteiger partial charge in [0.25, 0.3) is 0 Å². The van der Waals surface area contributed by atoms with Crippen LogP contribution in [0.1, 0.15) is 55.2 Å². The summed E-state index contributed by atoms with van der Waals surface area (Å²) in [7, 11) is 0. The number of para-hydroxylation sites is 1. The van der Waals surface area contributed by atoms with Crippen molar-refractivity contribution in [3.8, 4) is 11.1 Å². The van der Waals surface area contributed by atoms with Gasteiger partial charge in [0.2, 0.25) is 11.8 Å². The minimum atomic E-state index is -0.989. The van der Waals surface area contributed by atoms with Gasteiger partial charge in [-0.3, -0.25) is 9.59 Å². The topological polar surface area (TPSA) is 159 Å². The second kappa shape index (κ2) is 16.5. The molecule has 5 N–H and O–H groups in total. The minimum absolute atomic E-state index is 0.0773. The van der Waals surface area contributed by atoms with Crippen LogP contribution in [0.5, 0.6) is 0 Å². The van der Waals surface area contributed by atoms with Crippen molar-refractivity contribution in [3.63, 3.8) is 0 Å². The highest BCUT2D eigenvalue weighted by Crippen LogP contribution is 2.44. The number of allylic oxidation sites excluding steroid dienone is 2. The first kappa shape index (κ1) is 35.4. The Morgan fingerprint density at radius 3 is 2.43 bits per heavy atom. The van der Waals surface area contributed by atoms with Gasteiger partial charge in [0.05, 0.1) is 18.6 Å². The number of hydrogen-bond acceptors (Lipinski definition) is 7. The summed E-state index contributed by atoms with van der Waals surface area (Å²) in [5, 5.41) is 18.8. The minimum Gasteiger partial charge on any atom is -0.462 e. The largest absolute Gasteiger partial charge is 0.462 e. The van der Waals surface area contributed by atoms with Gasteiger partial charge in [0.1, 0.15) is 19.3 Å². The zero-order valence-electron chi connectivity index (χ0n) is 28.6. The fourth-order valence-electron chi connectivity index (χ4n) is 6.88. The van der Waals surface area contributed by atoms with Gasteiger partial charge in [-0.05, 0) is 66.5 Å². The third kappa shape index (κ3) is 8.67. The zero-order valence-corrected chi connectivity index (χ0v) is 28.6. The molecule has 4 atom stereocenters. The summed E-state index contributed by atoms with van der Waals surface area (Å²) in [5.74, 6) is -2.15. The highest BCUT2D eigenvalue weighted by Gasteiger charge is 2.31. The predicted molar refractivity (Wildman–Crippen MR) is 193 cm³/mol. The van der Waals surface area contributed by atoms with Crippen LogP contribution in [0.25, 0.3) is 22.0 Å². The van der Waals surface area contributed by atoms with Gasteiger partial charge in [0, 0.05) is 35.5 Å². The summed E-state index contributed by atoms with van der Waals surface area (Å²) in [5.41, 5.74) is 6.26. The second-order valence-electron chi connectivity index (χ2n) is 13.3. The van der Waals surface area contributed by atoms with E-state index in [-0.39, 0.29) is 56.8 Å². The number of carbonyl (C=O) groups excluding carboxylic acids is 4. The van der Waals surface area contributed by atoms with Crippen molar-refractivity contribution < 1.29 is 33.8 Å². The van der Waals surface area contributed by atoms with Crippen LogP contribution in [-0.2, 0) is 30.3 Å². The molecule has 3 amide bonds. The molecular formula is C40H44N4O7. The number of rotatable bonds is 9. The second-order valence-corrected chi connectivity index (χ2v) is 13.3. The molecule has 266 valence electrons. The predicted octanol–water partition coefficient (Wildman–Crippen LogP) is 4.89. The number of hydrogen-bond donors (Lipinski definition) is 5. The van der Waals surface area contributed by atoms with Gasteiger partial charge in [0.15, 0.2) is 0 Å². The summed E-state index contributed by atoms with van der Waals surface area (Å²) >= 11 is 0. The van der Waals surface area contributed by atoms with Gasteiger partial charge >= 0.3 is 12.1 Å². The molecule has 51 heavy (non-hydrogen) atoms. The molecule has 1 aliphatic carbocycles. The molecule has 1 aromatic heterocycles. The molecule has 11 nitrogen and oxygen atoms in total. The average Bonchev–Trinajstić information content (AvgIpc) is 3.69. The Morgan fingerprint density at radius 1 is 0.980 bits per heavy atom. The van der Waals surface area contributed by atoms with Crippen molar-refractivity contribution in [2.24, 2.45) is 5.92 Å². The van der Waals surface area contributed by atoms with E-state index >= 15 is 0 Å². The first-order valence-corrected chi connectivity index (χ1v) is 17.5. The molecule has 0 radical (unpaired) electrons. The molecule has 0 spiro atoms. The maximum Gasteiger partial charge on any atom is 0.407 e. The summed E-state index contributed by atoms with van der Waals surface area (Å²) in [4.78, 5) is 56.3. The number of aromatic nitrogens is 1. The van der Waals surface area contributed by atoms with Crippen molar-refractivity contribution in [1.82, 2.24) is 20.9 Å². The number of amides is 3. The summed E-state index contributed by atoms with van der Waals surface area (Å²) < 4.78 is 11.5. The Bertz CT molecular complexity index is 1860. The number of H-pyrrole nitrogens is 1. The van der Waals surface area contributed by atoms with Crippen LogP contribution >= 0.6 is 0 Å². The summed E-state index contributed by atoms with van der Waals surface area (Å²) in [6.07, 6.45) is 5.99. The number of aliphatic hydroxyl groups is 1. The van der Waals surface area contributed by atoms with Gasteiger partial charge < -0.3 is 35.5 Å². The smallest absolute Gasteiger partial charge is 0.407 e. The molecule has 4 aromatic rings. The third-order valence-corrected chi connectivity index (χ3v) is 9.53. The summed E-state index contributed by atoms with van der Waals surface area (Å²) in [6.45, 7) is 1.42. The van der Waals surface area contributed by atoms with Crippen LogP contribution in [0.4, 0.5) is 4.79 Å². The lowest BCUT2D eigenvalue weighted by atomic mass is 9.97. The number of nitrogens with one attached hydrogen (secondary N) is 4. The molecule has 0 saturated carbocycles. The zero-order chi connectivity index (χ0) is 35.7. The average molecular weight is 693 g/mol. The first-order chi connectivity index (χ1) is 24.8. The fourth-order valence-corrected chi connectivity index (χ4v) is 6.88. The number of ether oxygens (including phenoxy) is 2. The number of aromatic amines is 1. The Morgan fingerprint density at radius 2 is 1.69 bits per heavy atom. The maximum absolute atomic E-state index is 13.6. The van der Waals surface area contributed by atoms with E-state index in [2.05, 4.69) is 33.1 Å². The number of fused-ring (bicyclic) bond motifs is 4. The standard InChI is InChI=1S/C40H44N4O7/c1-25(22-45)42-37(46)20-26-11-3-2-4-18-36(39(48)50-23-28(43-38(26)47)19-27-21-41-35-17-10-9-12-29(27)35)44-40(49)51-24-34-32-15-7-5-13-30(32)31-14-6-8-16-33(31)34/h2-3,5-10,12-17,21,25-26,28,34,36,41,45H,4,11,18-20,22-24H2,1H3,(H,42,46)(H,43,47)(H,44,49)/t25-,26-,28+,36+/m1/s1. The van der Waals surface area contributed by atoms with Crippen LogP contribution in [0.3, 0.4) is 0 Å². The van der Waals surface area contributed by atoms with Crippen molar-refractivity contribution >= 4 is 34.8 Å². The van der Waals surface area contributed by atoms with Gasteiger partial charge in [-0.1, -0.05) is 78.9 Å². The number of benzene rings is 3. The van der Waals surface area contributed by atoms with Crippen molar-refractivity contribution in [2.75, 3.05) is 19.8 Å². The Hall–Kier alpha value is -5.42. The van der Waals surface area contributed by atoms with Crippen molar-refractivity contribution in [2.45, 2.75) is 63.1 Å². The van der Waals surface area contributed by atoms with Crippen LogP contribution in [0.15, 0.2) is 91.1 Å².